The van der Waals surface area contributed by atoms with Crippen LogP contribution in [0.2, 0.25) is 0 Å². The van der Waals surface area contributed by atoms with Crippen LogP contribution >= 0.6 is 11.5 Å². The summed E-state index contributed by atoms with van der Waals surface area (Å²) in [5.74, 6) is 0.893. The van der Waals surface area contributed by atoms with Crippen LogP contribution in [0.15, 0.2) is 18.3 Å². The van der Waals surface area contributed by atoms with Gasteiger partial charge in [0.25, 0.3) is 0 Å². The summed E-state index contributed by atoms with van der Waals surface area (Å²) in [7, 11) is 6.06. The van der Waals surface area contributed by atoms with E-state index in [1.165, 1.54) is 17.2 Å². The summed E-state index contributed by atoms with van der Waals surface area (Å²) in [4.78, 5) is 8.98. The molecule has 0 aromatic carbocycles. The lowest BCUT2D eigenvalue weighted by Gasteiger charge is -2.35. The summed E-state index contributed by atoms with van der Waals surface area (Å²) in [6.45, 7) is 3.17. The third kappa shape index (κ3) is 3.09. The molecule has 0 amide bonds. The predicted octanol–water partition coefficient (Wildman–Crippen LogP) is 1.52. The van der Waals surface area contributed by atoms with Gasteiger partial charge in [-0.05, 0) is 12.1 Å². The van der Waals surface area contributed by atoms with E-state index >= 15 is 0 Å². The van der Waals surface area contributed by atoms with Crippen LogP contribution in [0, 0.1) is 0 Å². The Morgan fingerprint density at radius 1 is 1.48 bits per heavy atom. The minimum Gasteiger partial charge on any atom is -0.378 e. The number of ether oxygens (including phenoxy) is 1. The Kier molecular flexibility index (Phi) is 4.23. The third-order valence-electron chi connectivity index (χ3n) is 3.75. The molecule has 0 aliphatic carbocycles. The molecule has 21 heavy (non-hydrogen) atoms. The smallest absolute Gasteiger partial charge is 0.204 e. The summed E-state index contributed by atoms with van der Waals surface area (Å²) < 4.78 is 12.3. The summed E-state index contributed by atoms with van der Waals surface area (Å²) in [6, 6.07) is 4.50. The standard InChI is InChI=1S/C14H21N5OS/c1-17(2)14-15-13(16-21-14)9-19-7-8-20-10-12(19)11-5-4-6-18(11)3/h4-6,12H,7-10H2,1-3H3/t12-/m0/s1. The lowest BCUT2D eigenvalue weighted by Crippen LogP contribution is -2.40. The second-order valence-corrected chi connectivity index (χ2v) is 6.22. The topological polar surface area (TPSA) is 46.4 Å². The Bertz CT molecular complexity index is 594. The van der Waals surface area contributed by atoms with Crippen LogP contribution in [0.4, 0.5) is 5.13 Å². The Morgan fingerprint density at radius 3 is 3.00 bits per heavy atom. The quantitative estimate of drug-likeness (QED) is 0.857. The highest BCUT2D eigenvalue weighted by Gasteiger charge is 2.27. The first-order valence-electron chi connectivity index (χ1n) is 7.08. The number of aromatic nitrogens is 3. The zero-order valence-corrected chi connectivity index (χ0v) is 13.5. The molecule has 0 N–H and O–H groups in total. The molecule has 7 heteroatoms. The molecule has 2 aromatic heterocycles. The molecule has 0 radical (unpaired) electrons. The molecular formula is C14H21N5OS. The van der Waals surface area contributed by atoms with E-state index in [0.717, 1.165) is 37.3 Å². The highest BCUT2D eigenvalue weighted by Crippen LogP contribution is 2.26. The van der Waals surface area contributed by atoms with Gasteiger partial charge in [-0.15, -0.1) is 0 Å². The van der Waals surface area contributed by atoms with E-state index in [1.54, 1.807) is 0 Å². The zero-order valence-electron chi connectivity index (χ0n) is 12.7. The van der Waals surface area contributed by atoms with Crippen LogP contribution in [0.1, 0.15) is 17.6 Å². The number of nitrogens with zero attached hydrogens (tertiary/aromatic N) is 5. The fourth-order valence-electron chi connectivity index (χ4n) is 2.59. The van der Waals surface area contributed by atoms with Gasteiger partial charge in [0.1, 0.15) is 0 Å². The van der Waals surface area contributed by atoms with Gasteiger partial charge in [-0.3, -0.25) is 4.90 Å². The molecule has 3 rings (SSSR count). The first kappa shape index (κ1) is 14.5. The van der Waals surface area contributed by atoms with Crippen molar-refractivity contribution in [1.82, 2.24) is 18.8 Å². The maximum atomic E-state index is 5.67. The maximum absolute atomic E-state index is 5.67. The predicted molar refractivity (Wildman–Crippen MR) is 83.6 cm³/mol. The molecule has 0 unspecified atom stereocenters. The molecular weight excluding hydrogens is 286 g/mol. The molecule has 0 spiro atoms. The number of anilines is 1. The van der Waals surface area contributed by atoms with E-state index < -0.39 is 0 Å². The summed E-state index contributed by atoms with van der Waals surface area (Å²) >= 11 is 1.45. The van der Waals surface area contributed by atoms with Crippen LogP contribution < -0.4 is 4.90 Å². The van der Waals surface area contributed by atoms with Gasteiger partial charge in [0.15, 0.2) is 5.82 Å². The number of hydrogen-bond acceptors (Lipinski definition) is 6. The molecule has 0 saturated carbocycles. The van der Waals surface area contributed by atoms with Gasteiger partial charge >= 0.3 is 0 Å². The molecule has 1 saturated heterocycles. The lowest BCUT2D eigenvalue weighted by atomic mass is 10.1. The van der Waals surface area contributed by atoms with Gasteiger partial charge in [0.05, 0.1) is 25.8 Å². The molecule has 1 aliphatic heterocycles. The molecule has 6 nitrogen and oxygen atoms in total. The van der Waals surface area contributed by atoms with E-state index in [2.05, 4.69) is 44.2 Å². The average molecular weight is 307 g/mol. The summed E-state index contributed by atoms with van der Waals surface area (Å²) in [5, 5.41) is 0.952. The molecule has 3 heterocycles. The van der Waals surface area contributed by atoms with Crippen molar-refractivity contribution < 1.29 is 4.74 Å². The second kappa shape index (κ2) is 6.13. The van der Waals surface area contributed by atoms with Crippen molar-refractivity contribution >= 4 is 16.7 Å². The van der Waals surface area contributed by atoms with Crippen molar-refractivity contribution in [3.8, 4) is 0 Å². The summed E-state index contributed by atoms with van der Waals surface area (Å²) in [5.41, 5.74) is 1.28. The average Bonchev–Trinajstić information content (AvgIpc) is 3.09. The SMILES string of the molecule is CN(C)c1nc(CN2CCOC[C@H]2c2cccn2C)ns1. The molecule has 1 atom stereocenters. The van der Waals surface area contributed by atoms with Gasteiger partial charge in [0, 0.05) is 51.1 Å². The lowest BCUT2D eigenvalue weighted by molar-refractivity contribution is -0.0161. The number of aryl methyl sites for hydroxylation is 1. The van der Waals surface area contributed by atoms with Crippen LogP contribution in [0.3, 0.4) is 0 Å². The van der Waals surface area contributed by atoms with E-state index in [-0.39, 0.29) is 6.04 Å². The van der Waals surface area contributed by atoms with E-state index in [9.17, 15) is 0 Å². The molecule has 2 aromatic rings. The van der Waals surface area contributed by atoms with E-state index in [0.29, 0.717) is 0 Å². The monoisotopic (exact) mass is 307 g/mol. The minimum absolute atomic E-state index is 0.269. The van der Waals surface area contributed by atoms with Gasteiger partial charge in [0.2, 0.25) is 5.13 Å². The Labute approximate surface area is 129 Å². The highest BCUT2D eigenvalue weighted by molar-refractivity contribution is 7.09. The summed E-state index contributed by atoms with van der Waals surface area (Å²) in [6.07, 6.45) is 2.08. The number of hydrogen-bond donors (Lipinski definition) is 0. The van der Waals surface area contributed by atoms with Crippen LogP contribution in [-0.4, -0.2) is 52.7 Å². The van der Waals surface area contributed by atoms with E-state index in [4.69, 9.17) is 4.74 Å². The zero-order chi connectivity index (χ0) is 14.8. The number of morpholine rings is 1. The van der Waals surface area contributed by atoms with E-state index in [1.807, 2.05) is 19.0 Å². The molecule has 1 fully saturated rings. The number of rotatable bonds is 4. The second-order valence-electron chi connectivity index (χ2n) is 5.49. The van der Waals surface area contributed by atoms with Crippen molar-refractivity contribution in [1.29, 1.82) is 0 Å². The Morgan fingerprint density at radius 2 is 2.33 bits per heavy atom. The van der Waals surface area contributed by atoms with Crippen molar-refractivity contribution in [2.24, 2.45) is 7.05 Å². The van der Waals surface area contributed by atoms with Gasteiger partial charge in [-0.25, -0.2) is 4.98 Å². The highest BCUT2D eigenvalue weighted by atomic mass is 32.1. The largest absolute Gasteiger partial charge is 0.378 e. The van der Waals surface area contributed by atoms with Crippen LogP contribution in [-0.2, 0) is 18.3 Å². The fourth-order valence-corrected chi connectivity index (χ4v) is 3.19. The third-order valence-corrected chi connectivity index (χ3v) is 4.67. The first-order valence-corrected chi connectivity index (χ1v) is 7.85. The first-order chi connectivity index (χ1) is 10.1. The Balaban J connectivity index is 1.76. The molecule has 1 aliphatic rings. The van der Waals surface area contributed by atoms with Crippen molar-refractivity contribution in [3.63, 3.8) is 0 Å². The maximum Gasteiger partial charge on any atom is 0.204 e. The molecule has 114 valence electrons. The fraction of sp³-hybridized carbons (Fsp3) is 0.571. The van der Waals surface area contributed by atoms with Gasteiger partial charge < -0.3 is 14.2 Å². The minimum atomic E-state index is 0.269. The normalized spacial score (nSPS) is 19.9. The molecule has 0 bridgehead atoms. The van der Waals surface area contributed by atoms with Crippen LogP contribution in [0.5, 0.6) is 0 Å². The Hall–Kier alpha value is -1.44. The van der Waals surface area contributed by atoms with Crippen molar-refractivity contribution in [2.75, 3.05) is 38.8 Å². The van der Waals surface area contributed by atoms with Crippen molar-refractivity contribution in [3.05, 3.63) is 29.8 Å². The van der Waals surface area contributed by atoms with Crippen molar-refractivity contribution in [2.45, 2.75) is 12.6 Å². The van der Waals surface area contributed by atoms with Gasteiger partial charge in [-0.2, -0.15) is 4.37 Å². The van der Waals surface area contributed by atoms with Gasteiger partial charge in [-0.1, -0.05) is 0 Å². The van der Waals surface area contributed by atoms with Crippen LogP contribution in [0.25, 0.3) is 0 Å².